The number of benzene rings is 1. The summed E-state index contributed by atoms with van der Waals surface area (Å²) in [6, 6.07) is 6.28. The van der Waals surface area contributed by atoms with Gasteiger partial charge in [-0.25, -0.2) is 0 Å². The summed E-state index contributed by atoms with van der Waals surface area (Å²) in [5.41, 5.74) is 0.953. The lowest BCUT2D eigenvalue weighted by Gasteiger charge is -2.43. The molecule has 3 aliphatic rings. The molecule has 3 aliphatic heterocycles. The van der Waals surface area contributed by atoms with Gasteiger partial charge in [0.15, 0.2) is 11.5 Å². The van der Waals surface area contributed by atoms with Crippen LogP contribution in [0.1, 0.15) is 18.4 Å². The SMILES string of the molecule is O=C(/C=C/c1ccc2c(c1)OCO2)N1CC(N2CCCC2)C1. The van der Waals surface area contributed by atoms with Gasteiger partial charge in [0, 0.05) is 25.2 Å². The molecule has 0 saturated carbocycles. The smallest absolute Gasteiger partial charge is 0.246 e. The van der Waals surface area contributed by atoms with Crippen LogP contribution in [0.4, 0.5) is 0 Å². The highest BCUT2D eigenvalue weighted by atomic mass is 16.7. The van der Waals surface area contributed by atoms with Gasteiger partial charge in [0.1, 0.15) is 0 Å². The first-order chi connectivity index (χ1) is 10.8. The molecule has 2 saturated heterocycles. The Hall–Kier alpha value is -2.01. The van der Waals surface area contributed by atoms with E-state index in [4.69, 9.17) is 9.47 Å². The number of hydrogen-bond donors (Lipinski definition) is 0. The minimum absolute atomic E-state index is 0.0908. The number of nitrogens with zero attached hydrogens (tertiary/aromatic N) is 2. The van der Waals surface area contributed by atoms with Crippen LogP contribution < -0.4 is 9.47 Å². The molecule has 3 heterocycles. The van der Waals surface area contributed by atoms with E-state index in [9.17, 15) is 4.79 Å². The Labute approximate surface area is 130 Å². The molecule has 4 rings (SSSR count). The topological polar surface area (TPSA) is 42.0 Å². The van der Waals surface area contributed by atoms with Crippen molar-refractivity contribution >= 4 is 12.0 Å². The van der Waals surface area contributed by atoms with E-state index in [0.29, 0.717) is 6.04 Å². The van der Waals surface area contributed by atoms with Gasteiger partial charge >= 0.3 is 0 Å². The number of amides is 1. The second-order valence-electron chi connectivity index (χ2n) is 6.09. The van der Waals surface area contributed by atoms with Gasteiger partial charge in [0.2, 0.25) is 12.7 Å². The molecule has 0 spiro atoms. The first-order valence-electron chi connectivity index (χ1n) is 7.90. The molecule has 1 amide bonds. The van der Waals surface area contributed by atoms with E-state index in [-0.39, 0.29) is 12.7 Å². The lowest BCUT2D eigenvalue weighted by Crippen LogP contribution is -2.60. The number of rotatable bonds is 3. The summed E-state index contributed by atoms with van der Waals surface area (Å²) in [6.45, 7) is 4.39. The Balaban J connectivity index is 1.32. The lowest BCUT2D eigenvalue weighted by atomic mass is 10.1. The molecule has 5 nitrogen and oxygen atoms in total. The quantitative estimate of drug-likeness (QED) is 0.797. The molecule has 0 unspecified atom stereocenters. The van der Waals surface area contributed by atoms with Crippen LogP contribution in [0.25, 0.3) is 6.08 Å². The minimum Gasteiger partial charge on any atom is -0.454 e. The number of hydrogen-bond acceptors (Lipinski definition) is 4. The minimum atomic E-state index is 0.0908. The van der Waals surface area contributed by atoms with Gasteiger partial charge in [-0.3, -0.25) is 9.69 Å². The molecule has 1 aromatic rings. The van der Waals surface area contributed by atoms with Gasteiger partial charge in [-0.15, -0.1) is 0 Å². The fourth-order valence-corrected chi connectivity index (χ4v) is 3.26. The number of likely N-dealkylation sites (tertiary alicyclic amines) is 2. The zero-order valence-electron chi connectivity index (χ0n) is 12.5. The molecule has 2 fully saturated rings. The maximum Gasteiger partial charge on any atom is 0.246 e. The van der Waals surface area contributed by atoms with Gasteiger partial charge in [-0.05, 0) is 49.7 Å². The Morgan fingerprint density at radius 1 is 1.14 bits per heavy atom. The van der Waals surface area contributed by atoms with Gasteiger partial charge in [0.25, 0.3) is 0 Å². The molecule has 5 heteroatoms. The molecule has 0 aromatic heterocycles. The molecular formula is C17H20N2O3. The summed E-state index contributed by atoms with van der Waals surface area (Å²) in [6.07, 6.45) is 6.09. The standard InChI is InChI=1S/C17H20N2O3/c20-17(19-10-14(11-19)18-7-1-2-8-18)6-4-13-3-5-15-16(9-13)22-12-21-15/h3-6,9,14H,1-2,7-8,10-12H2/b6-4+. The summed E-state index contributed by atoms with van der Waals surface area (Å²) in [5, 5.41) is 0. The van der Waals surface area contributed by atoms with Crippen LogP contribution in [0.2, 0.25) is 0 Å². The van der Waals surface area contributed by atoms with Gasteiger partial charge in [-0.1, -0.05) is 6.07 Å². The zero-order valence-corrected chi connectivity index (χ0v) is 12.5. The van der Waals surface area contributed by atoms with Crippen molar-refractivity contribution in [1.82, 2.24) is 9.80 Å². The van der Waals surface area contributed by atoms with Crippen LogP contribution in [-0.2, 0) is 4.79 Å². The van der Waals surface area contributed by atoms with Crippen molar-refractivity contribution in [3.63, 3.8) is 0 Å². The van der Waals surface area contributed by atoms with Crippen molar-refractivity contribution < 1.29 is 14.3 Å². The highest BCUT2D eigenvalue weighted by Gasteiger charge is 2.34. The van der Waals surface area contributed by atoms with Gasteiger partial charge < -0.3 is 14.4 Å². The fraction of sp³-hybridized carbons (Fsp3) is 0.471. The van der Waals surface area contributed by atoms with E-state index in [0.717, 1.165) is 30.2 Å². The highest BCUT2D eigenvalue weighted by molar-refractivity contribution is 5.92. The van der Waals surface area contributed by atoms with Crippen molar-refractivity contribution in [3.8, 4) is 11.5 Å². The van der Waals surface area contributed by atoms with E-state index in [1.54, 1.807) is 6.08 Å². The summed E-state index contributed by atoms with van der Waals surface area (Å²) < 4.78 is 10.6. The number of ether oxygens (including phenoxy) is 2. The van der Waals surface area contributed by atoms with Crippen LogP contribution >= 0.6 is 0 Å². The first-order valence-corrected chi connectivity index (χ1v) is 7.90. The Bertz CT molecular complexity index is 602. The third kappa shape index (κ3) is 2.57. The predicted molar refractivity (Wildman–Crippen MR) is 82.8 cm³/mol. The number of fused-ring (bicyclic) bond motifs is 1. The van der Waals surface area contributed by atoms with Crippen molar-refractivity contribution in [3.05, 3.63) is 29.8 Å². The molecule has 22 heavy (non-hydrogen) atoms. The Morgan fingerprint density at radius 2 is 1.91 bits per heavy atom. The van der Waals surface area contributed by atoms with E-state index in [1.165, 1.54) is 25.9 Å². The normalized spacial score (nSPS) is 21.5. The van der Waals surface area contributed by atoms with Crippen LogP contribution in [-0.4, -0.2) is 54.7 Å². The third-order valence-electron chi connectivity index (χ3n) is 4.65. The summed E-state index contributed by atoms with van der Waals surface area (Å²) in [7, 11) is 0. The zero-order chi connectivity index (χ0) is 14.9. The third-order valence-corrected chi connectivity index (χ3v) is 4.65. The largest absolute Gasteiger partial charge is 0.454 e. The first kappa shape index (κ1) is 13.6. The number of carbonyl (C=O) groups excluding carboxylic acids is 1. The number of carbonyl (C=O) groups is 1. The monoisotopic (exact) mass is 300 g/mol. The molecule has 1 aromatic carbocycles. The summed E-state index contributed by atoms with van der Waals surface area (Å²) in [5.74, 6) is 1.60. The van der Waals surface area contributed by atoms with Crippen molar-refractivity contribution in [1.29, 1.82) is 0 Å². The molecule has 0 radical (unpaired) electrons. The van der Waals surface area contributed by atoms with Gasteiger partial charge in [0.05, 0.1) is 0 Å². The van der Waals surface area contributed by atoms with Crippen molar-refractivity contribution in [2.75, 3.05) is 33.0 Å². The Morgan fingerprint density at radius 3 is 2.73 bits per heavy atom. The molecule has 0 aliphatic carbocycles. The van der Waals surface area contributed by atoms with Crippen LogP contribution in [0.3, 0.4) is 0 Å². The van der Waals surface area contributed by atoms with Crippen molar-refractivity contribution in [2.45, 2.75) is 18.9 Å². The second-order valence-corrected chi connectivity index (χ2v) is 6.09. The fourth-order valence-electron chi connectivity index (χ4n) is 3.26. The predicted octanol–water partition coefficient (Wildman–Crippen LogP) is 1.74. The van der Waals surface area contributed by atoms with E-state index >= 15 is 0 Å². The average Bonchev–Trinajstić information content (AvgIpc) is 3.14. The molecule has 0 atom stereocenters. The second kappa shape index (κ2) is 5.65. The van der Waals surface area contributed by atoms with E-state index in [2.05, 4.69) is 4.90 Å². The van der Waals surface area contributed by atoms with Crippen LogP contribution in [0.15, 0.2) is 24.3 Å². The molecule has 0 bridgehead atoms. The highest BCUT2D eigenvalue weighted by Crippen LogP contribution is 2.32. The van der Waals surface area contributed by atoms with E-state index < -0.39 is 0 Å². The average molecular weight is 300 g/mol. The summed E-state index contributed by atoms with van der Waals surface area (Å²) >= 11 is 0. The molecular weight excluding hydrogens is 280 g/mol. The van der Waals surface area contributed by atoms with E-state index in [1.807, 2.05) is 29.2 Å². The van der Waals surface area contributed by atoms with Crippen LogP contribution in [0.5, 0.6) is 11.5 Å². The maximum absolute atomic E-state index is 12.2. The van der Waals surface area contributed by atoms with Gasteiger partial charge in [-0.2, -0.15) is 0 Å². The van der Waals surface area contributed by atoms with Crippen LogP contribution in [0, 0.1) is 0 Å². The summed E-state index contributed by atoms with van der Waals surface area (Å²) in [4.78, 5) is 16.6. The molecule has 116 valence electrons. The molecule has 0 N–H and O–H groups in total. The maximum atomic E-state index is 12.2. The van der Waals surface area contributed by atoms with Crippen molar-refractivity contribution in [2.24, 2.45) is 0 Å². The lowest BCUT2D eigenvalue weighted by molar-refractivity contribution is -0.132. The Kier molecular flexibility index (Phi) is 3.50.